The van der Waals surface area contributed by atoms with Gasteiger partial charge in [-0.1, -0.05) is 42.5 Å². The third kappa shape index (κ3) is 5.17. The molecule has 5 heteroatoms. The van der Waals surface area contributed by atoms with Crippen LogP contribution in [0.25, 0.3) is 0 Å². The predicted octanol–water partition coefficient (Wildman–Crippen LogP) is 5.86. The third-order valence-electron chi connectivity index (χ3n) is 5.84. The summed E-state index contributed by atoms with van der Waals surface area (Å²) < 4.78 is 0. The van der Waals surface area contributed by atoms with Crippen LogP contribution in [0.2, 0.25) is 0 Å². The summed E-state index contributed by atoms with van der Waals surface area (Å²) in [6.45, 7) is 4.70. The monoisotopic (exact) mass is 427 g/mol. The number of urea groups is 1. The van der Waals surface area contributed by atoms with E-state index in [1.54, 1.807) is 0 Å². The van der Waals surface area contributed by atoms with Crippen LogP contribution in [0.5, 0.6) is 0 Å². The number of rotatable bonds is 4. The zero-order valence-corrected chi connectivity index (χ0v) is 18.7. The fourth-order valence-electron chi connectivity index (χ4n) is 4.05. The molecule has 4 rings (SSSR count). The Morgan fingerprint density at radius 2 is 1.69 bits per heavy atom. The number of amides is 3. The molecule has 0 saturated heterocycles. The molecule has 1 heterocycles. The van der Waals surface area contributed by atoms with Crippen LogP contribution in [0.3, 0.4) is 0 Å². The molecule has 0 aliphatic carbocycles. The summed E-state index contributed by atoms with van der Waals surface area (Å²) in [5.41, 5.74) is 6.81. The molecule has 0 aromatic heterocycles. The predicted molar refractivity (Wildman–Crippen MR) is 130 cm³/mol. The van der Waals surface area contributed by atoms with Gasteiger partial charge in [0.2, 0.25) is 5.91 Å². The highest BCUT2D eigenvalue weighted by atomic mass is 16.2. The van der Waals surface area contributed by atoms with Gasteiger partial charge in [-0.05, 0) is 79.6 Å². The highest BCUT2D eigenvalue weighted by Crippen LogP contribution is 2.27. The standard InChI is InChI=1S/C27H29N3O2/c1-19-10-11-20(2)24(17-19)29-26(31)18-21-12-14-23(15-13-21)28-27(32)30-16-6-5-8-22-7-3-4-9-25(22)30/h3-4,7,9-15,17H,5-6,8,16,18H2,1-2H3,(H,28,32)(H,29,31). The van der Waals surface area contributed by atoms with E-state index in [1.807, 2.05) is 79.4 Å². The van der Waals surface area contributed by atoms with E-state index >= 15 is 0 Å². The van der Waals surface area contributed by atoms with Gasteiger partial charge in [-0.2, -0.15) is 0 Å². The molecule has 0 spiro atoms. The molecular formula is C27H29N3O2. The first-order valence-corrected chi connectivity index (χ1v) is 11.1. The van der Waals surface area contributed by atoms with Crippen molar-refractivity contribution in [1.29, 1.82) is 0 Å². The first-order valence-electron chi connectivity index (χ1n) is 11.1. The molecule has 164 valence electrons. The molecular weight excluding hydrogens is 398 g/mol. The van der Waals surface area contributed by atoms with E-state index in [0.717, 1.165) is 53.0 Å². The van der Waals surface area contributed by atoms with Gasteiger partial charge in [0.05, 0.1) is 6.42 Å². The number of anilines is 3. The van der Waals surface area contributed by atoms with Crippen LogP contribution < -0.4 is 15.5 Å². The Morgan fingerprint density at radius 1 is 0.906 bits per heavy atom. The van der Waals surface area contributed by atoms with Crippen LogP contribution in [0.4, 0.5) is 21.9 Å². The number of aryl methyl sites for hydroxylation is 3. The minimum atomic E-state index is -0.125. The number of hydrogen-bond donors (Lipinski definition) is 2. The highest BCUT2D eigenvalue weighted by Gasteiger charge is 2.20. The Hall–Kier alpha value is -3.60. The molecule has 1 aliphatic rings. The first kappa shape index (κ1) is 21.6. The average Bonchev–Trinajstić information content (AvgIpc) is 3.00. The van der Waals surface area contributed by atoms with Gasteiger partial charge in [-0.3, -0.25) is 9.69 Å². The summed E-state index contributed by atoms with van der Waals surface area (Å²) in [5.74, 6) is -0.0586. The van der Waals surface area contributed by atoms with Gasteiger partial charge < -0.3 is 10.6 Å². The zero-order valence-electron chi connectivity index (χ0n) is 18.7. The van der Waals surface area contributed by atoms with Gasteiger partial charge in [0, 0.05) is 23.6 Å². The van der Waals surface area contributed by atoms with Crippen LogP contribution >= 0.6 is 0 Å². The minimum absolute atomic E-state index is 0.0586. The van der Waals surface area contributed by atoms with Crippen LogP contribution in [0, 0.1) is 13.8 Å². The van der Waals surface area contributed by atoms with Crippen molar-refractivity contribution in [3.8, 4) is 0 Å². The van der Waals surface area contributed by atoms with Crippen molar-refractivity contribution in [3.05, 3.63) is 89.0 Å². The Labute approximate surface area is 189 Å². The second-order valence-electron chi connectivity index (χ2n) is 8.41. The maximum Gasteiger partial charge on any atom is 0.326 e. The molecule has 0 saturated carbocycles. The molecule has 1 aliphatic heterocycles. The van der Waals surface area contributed by atoms with Crippen molar-refractivity contribution < 1.29 is 9.59 Å². The fraction of sp³-hybridized carbons (Fsp3) is 0.259. The SMILES string of the molecule is Cc1ccc(C)c(NC(=O)Cc2ccc(NC(=O)N3CCCCc4ccccc43)cc2)c1. The first-order chi connectivity index (χ1) is 15.5. The second kappa shape index (κ2) is 9.69. The molecule has 32 heavy (non-hydrogen) atoms. The minimum Gasteiger partial charge on any atom is -0.326 e. The van der Waals surface area contributed by atoms with Crippen LogP contribution in [0.1, 0.15) is 35.1 Å². The smallest absolute Gasteiger partial charge is 0.326 e. The van der Waals surface area contributed by atoms with Crippen molar-refractivity contribution >= 4 is 29.0 Å². The number of carbonyl (C=O) groups excluding carboxylic acids is 2. The van der Waals surface area contributed by atoms with E-state index in [9.17, 15) is 9.59 Å². The summed E-state index contributed by atoms with van der Waals surface area (Å²) in [5, 5.41) is 5.99. The lowest BCUT2D eigenvalue weighted by molar-refractivity contribution is -0.115. The maximum absolute atomic E-state index is 13.0. The van der Waals surface area contributed by atoms with E-state index in [-0.39, 0.29) is 18.4 Å². The largest absolute Gasteiger partial charge is 0.326 e. The number of para-hydroxylation sites is 1. The quantitative estimate of drug-likeness (QED) is 0.548. The third-order valence-corrected chi connectivity index (χ3v) is 5.84. The molecule has 3 aromatic rings. The van der Waals surface area contributed by atoms with Gasteiger partial charge in [0.1, 0.15) is 0 Å². The summed E-state index contributed by atoms with van der Waals surface area (Å²) in [7, 11) is 0. The summed E-state index contributed by atoms with van der Waals surface area (Å²) in [6, 6.07) is 21.5. The Balaban J connectivity index is 1.38. The lowest BCUT2D eigenvalue weighted by Crippen LogP contribution is -2.35. The topological polar surface area (TPSA) is 61.4 Å². The number of nitrogens with zero attached hydrogens (tertiary/aromatic N) is 1. The van der Waals surface area contributed by atoms with E-state index in [2.05, 4.69) is 16.7 Å². The number of nitrogens with one attached hydrogen (secondary N) is 2. The van der Waals surface area contributed by atoms with Crippen molar-refractivity contribution in [3.63, 3.8) is 0 Å². The second-order valence-corrected chi connectivity index (χ2v) is 8.41. The van der Waals surface area contributed by atoms with E-state index in [1.165, 1.54) is 5.56 Å². The van der Waals surface area contributed by atoms with E-state index in [4.69, 9.17) is 0 Å². The van der Waals surface area contributed by atoms with E-state index < -0.39 is 0 Å². The molecule has 0 fully saturated rings. The maximum atomic E-state index is 13.0. The fourth-order valence-corrected chi connectivity index (χ4v) is 4.05. The zero-order chi connectivity index (χ0) is 22.5. The van der Waals surface area contributed by atoms with Gasteiger partial charge >= 0.3 is 6.03 Å². The Bertz CT molecular complexity index is 1120. The van der Waals surface area contributed by atoms with Gasteiger partial charge in [-0.25, -0.2) is 4.79 Å². The van der Waals surface area contributed by atoms with Gasteiger partial charge in [-0.15, -0.1) is 0 Å². The number of fused-ring (bicyclic) bond motifs is 1. The van der Waals surface area contributed by atoms with Crippen molar-refractivity contribution in [2.24, 2.45) is 0 Å². The van der Waals surface area contributed by atoms with Crippen LogP contribution in [0.15, 0.2) is 66.7 Å². The molecule has 2 N–H and O–H groups in total. The molecule has 0 unspecified atom stereocenters. The Kier molecular flexibility index (Phi) is 6.55. The van der Waals surface area contributed by atoms with Crippen LogP contribution in [-0.4, -0.2) is 18.5 Å². The highest BCUT2D eigenvalue weighted by molar-refractivity contribution is 6.02. The summed E-state index contributed by atoms with van der Waals surface area (Å²) in [4.78, 5) is 27.3. The van der Waals surface area contributed by atoms with Crippen molar-refractivity contribution in [2.45, 2.75) is 39.5 Å². The number of hydrogen-bond acceptors (Lipinski definition) is 2. The molecule has 5 nitrogen and oxygen atoms in total. The summed E-state index contributed by atoms with van der Waals surface area (Å²) in [6.07, 6.45) is 3.34. The Morgan fingerprint density at radius 3 is 2.50 bits per heavy atom. The van der Waals surface area contributed by atoms with Gasteiger partial charge in [0.15, 0.2) is 0 Å². The molecule has 0 bridgehead atoms. The van der Waals surface area contributed by atoms with Crippen molar-refractivity contribution in [2.75, 3.05) is 22.1 Å². The molecule has 0 atom stereocenters. The number of carbonyl (C=O) groups is 2. The van der Waals surface area contributed by atoms with Crippen molar-refractivity contribution in [1.82, 2.24) is 0 Å². The van der Waals surface area contributed by atoms with E-state index in [0.29, 0.717) is 6.54 Å². The average molecular weight is 428 g/mol. The van der Waals surface area contributed by atoms with Gasteiger partial charge in [0.25, 0.3) is 0 Å². The van der Waals surface area contributed by atoms with Crippen LogP contribution in [-0.2, 0) is 17.6 Å². The molecule has 3 amide bonds. The normalized spacial score (nSPS) is 13.1. The number of benzene rings is 3. The lowest BCUT2D eigenvalue weighted by atomic mass is 10.1. The molecule has 0 radical (unpaired) electrons. The summed E-state index contributed by atoms with van der Waals surface area (Å²) >= 11 is 0. The molecule has 3 aromatic carbocycles. The lowest BCUT2D eigenvalue weighted by Gasteiger charge is -2.23.